The van der Waals surface area contributed by atoms with Crippen molar-refractivity contribution < 1.29 is 18.7 Å². The number of amidine groups is 1. The van der Waals surface area contributed by atoms with Gasteiger partial charge in [-0.05, 0) is 84.4 Å². The maximum Gasteiger partial charge on any atom is 0.264 e. The summed E-state index contributed by atoms with van der Waals surface area (Å²) in [5, 5.41) is 3.84. The smallest absolute Gasteiger partial charge is 0.264 e. The topological polar surface area (TPSA) is 59.9 Å². The summed E-state index contributed by atoms with van der Waals surface area (Å²) in [7, 11) is 0. The fourth-order valence-electron chi connectivity index (χ4n) is 3.01. The average molecular weight is 483 g/mol. The number of halogens is 2. The lowest BCUT2D eigenvalue weighted by molar-refractivity contribution is -0.115. The van der Waals surface area contributed by atoms with E-state index in [1.165, 1.54) is 23.9 Å². The van der Waals surface area contributed by atoms with Gasteiger partial charge in [0, 0.05) is 5.02 Å². The fraction of sp³-hybridized carbons (Fsp3) is 0.120. The summed E-state index contributed by atoms with van der Waals surface area (Å²) in [4.78, 5) is 17.2. The number of nitrogens with one attached hydrogen (secondary N) is 1. The highest BCUT2D eigenvalue weighted by Crippen LogP contribution is 2.33. The second kappa shape index (κ2) is 10.6. The predicted octanol–water partition coefficient (Wildman–Crippen LogP) is 6.35. The lowest BCUT2D eigenvalue weighted by Crippen LogP contribution is -2.19. The molecule has 5 nitrogen and oxygen atoms in total. The van der Waals surface area contributed by atoms with E-state index in [1.54, 1.807) is 18.2 Å². The summed E-state index contributed by atoms with van der Waals surface area (Å²) in [6.07, 6.45) is 1.76. The summed E-state index contributed by atoms with van der Waals surface area (Å²) in [5.41, 5.74) is 2.33. The van der Waals surface area contributed by atoms with Crippen molar-refractivity contribution >= 4 is 46.2 Å². The van der Waals surface area contributed by atoms with Gasteiger partial charge in [0.15, 0.2) is 16.7 Å². The van der Waals surface area contributed by atoms with Crippen LogP contribution in [0.15, 0.2) is 76.6 Å². The van der Waals surface area contributed by atoms with Gasteiger partial charge in [-0.3, -0.25) is 4.79 Å². The predicted molar refractivity (Wildman–Crippen MR) is 131 cm³/mol. The van der Waals surface area contributed by atoms with Crippen molar-refractivity contribution in [2.75, 3.05) is 6.61 Å². The summed E-state index contributed by atoms with van der Waals surface area (Å²) in [5.74, 6) is 0.607. The minimum absolute atomic E-state index is 0.248. The highest BCUT2D eigenvalue weighted by molar-refractivity contribution is 8.18. The van der Waals surface area contributed by atoms with E-state index in [0.717, 1.165) is 11.1 Å². The van der Waals surface area contributed by atoms with Gasteiger partial charge in [0.2, 0.25) is 0 Å². The van der Waals surface area contributed by atoms with Crippen molar-refractivity contribution in [1.29, 1.82) is 0 Å². The van der Waals surface area contributed by atoms with E-state index in [1.807, 2.05) is 49.4 Å². The van der Waals surface area contributed by atoms with Crippen LogP contribution in [0.2, 0.25) is 5.02 Å². The second-order valence-electron chi connectivity index (χ2n) is 7.01. The zero-order valence-corrected chi connectivity index (χ0v) is 19.3. The van der Waals surface area contributed by atoms with Crippen LogP contribution in [-0.4, -0.2) is 17.7 Å². The number of benzene rings is 3. The number of amides is 1. The molecule has 1 N–H and O–H groups in total. The van der Waals surface area contributed by atoms with Crippen molar-refractivity contribution in [3.05, 3.63) is 93.6 Å². The van der Waals surface area contributed by atoms with Crippen LogP contribution in [0.3, 0.4) is 0 Å². The van der Waals surface area contributed by atoms with Crippen LogP contribution in [0.1, 0.15) is 18.1 Å². The van der Waals surface area contributed by atoms with Gasteiger partial charge < -0.3 is 14.8 Å². The summed E-state index contributed by atoms with van der Waals surface area (Å²) in [6.45, 7) is 2.74. The second-order valence-corrected chi connectivity index (χ2v) is 8.48. The van der Waals surface area contributed by atoms with Gasteiger partial charge in [-0.2, -0.15) is 0 Å². The summed E-state index contributed by atoms with van der Waals surface area (Å²) in [6, 6.07) is 18.7. The molecule has 8 heteroatoms. The fourth-order valence-corrected chi connectivity index (χ4v) is 3.98. The Hall–Kier alpha value is -3.29. The summed E-state index contributed by atoms with van der Waals surface area (Å²) < 4.78 is 24.8. The molecule has 0 bridgehead atoms. The Morgan fingerprint density at radius 1 is 1.03 bits per heavy atom. The number of hydrogen-bond acceptors (Lipinski definition) is 5. The minimum atomic E-state index is -0.340. The van der Waals surface area contributed by atoms with Crippen LogP contribution >= 0.6 is 23.4 Å². The lowest BCUT2D eigenvalue weighted by Gasteiger charge is -2.13. The molecule has 0 aliphatic carbocycles. The number of aliphatic imine (C=N–C) groups is 1. The Labute approximate surface area is 200 Å². The van der Waals surface area contributed by atoms with Gasteiger partial charge in [-0.25, -0.2) is 9.38 Å². The number of rotatable bonds is 7. The maximum atomic E-state index is 13.1. The number of hydrogen-bond donors (Lipinski definition) is 1. The number of ether oxygens (including phenoxy) is 2. The molecule has 0 saturated carbocycles. The van der Waals surface area contributed by atoms with Crippen molar-refractivity contribution in [3.63, 3.8) is 0 Å². The van der Waals surface area contributed by atoms with E-state index in [9.17, 15) is 9.18 Å². The quantitative estimate of drug-likeness (QED) is 0.399. The van der Waals surface area contributed by atoms with Crippen LogP contribution < -0.4 is 14.8 Å². The van der Waals surface area contributed by atoms with Crippen molar-refractivity contribution in [3.8, 4) is 11.5 Å². The zero-order chi connectivity index (χ0) is 23.2. The van der Waals surface area contributed by atoms with Crippen LogP contribution in [0.5, 0.6) is 11.5 Å². The molecule has 1 amide bonds. The van der Waals surface area contributed by atoms with E-state index in [4.69, 9.17) is 21.1 Å². The normalized spacial score (nSPS) is 15.7. The molecule has 3 aromatic carbocycles. The third-order valence-electron chi connectivity index (χ3n) is 4.58. The number of carbonyl (C=O) groups excluding carboxylic acids is 1. The molecule has 0 aromatic heterocycles. The molecule has 1 aliphatic rings. The monoisotopic (exact) mass is 482 g/mol. The molecule has 0 spiro atoms. The molecular weight excluding hydrogens is 463 g/mol. The number of thioether (sulfide) groups is 1. The van der Waals surface area contributed by atoms with Gasteiger partial charge in [0.1, 0.15) is 12.4 Å². The van der Waals surface area contributed by atoms with E-state index >= 15 is 0 Å². The van der Waals surface area contributed by atoms with Crippen molar-refractivity contribution in [2.24, 2.45) is 4.99 Å². The van der Waals surface area contributed by atoms with Crippen molar-refractivity contribution in [1.82, 2.24) is 5.32 Å². The molecule has 1 aliphatic heterocycles. The first-order valence-corrected chi connectivity index (χ1v) is 11.4. The van der Waals surface area contributed by atoms with Gasteiger partial charge in [-0.1, -0.05) is 29.8 Å². The molecule has 1 fully saturated rings. The number of nitrogens with zero attached hydrogens (tertiary/aromatic N) is 1. The van der Waals surface area contributed by atoms with Crippen LogP contribution in [0, 0.1) is 5.82 Å². The SMILES string of the molecule is CCOc1cc(/C=C2\SC(=Nc3ccc(F)cc3)NC2=O)ccc1OCc1ccc(Cl)cc1. The molecule has 1 heterocycles. The first kappa shape index (κ1) is 22.9. The molecule has 1 saturated heterocycles. The lowest BCUT2D eigenvalue weighted by atomic mass is 10.2. The third kappa shape index (κ3) is 6.15. The number of carbonyl (C=O) groups is 1. The Balaban J connectivity index is 1.49. The van der Waals surface area contributed by atoms with Crippen LogP contribution in [0.25, 0.3) is 6.08 Å². The Kier molecular flexibility index (Phi) is 7.32. The molecule has 0 radical (unpaired) electrons. The first-order chi connectivity index (χ1) is 16.0. The molecular formula is C25H20ClFN2O3S. The molecule has 0 unspecified atom stereocenters. The van der Waals surface area contributed by atoms with Gasteiger partial charge >= 0.3 is 0 Å². The highest BCUT2D eigenvalue weighted by atomic mass is 35.5. The Morgan fingerprint density at radius 3 is 2.52 bits per heavy atom. The first-order valence-electron chi connectivity index (χ1n) is 10.2. The standard InChI is InChI=1S/C25H20ClFN2O3S/c1-2-31-22-13-17(5-12-21(22)32-15-16-3-6-18(26)7-4-16)14-23-24(30)29-25(33-23)28-20-10-8-19(27)9-11-20/h3-14H,2,15H2,1H3,(H,28,29,30)/b23-14-. The van der Waals surface area contributed by atoms with Gasteiger partial charge in [0.25, 0.3) is 5.91 Å². The van der Waals surface area contributed by atoms with E-state index in [2.05, 4.69) is 10.3 Å². The summed E-state index contributed by atoms with van der Waals surface area (Å²) >= 11 is 7.15. The van der Waals surface area contributed by atoms with Gasteiger partial charge in [-0.15, -0.1) is 0 Å². The Morgan fingerprint density at radius 2 is 1.79 bits per heavy atom. The molecule has 4 rings (SSSR count). The molecule has 3 aromatic rings. The third-order valence-corrected chi connectivity index (χ3v) is 5.74. The van der Waals surface area contributed by atoms with E-state index in [-0.39, 0.29) is 11.7 Å². The Bertz CT molecular complexity index is 1210. The van der Waals surface area contributed by atoms with E-state index < -0.39 is 0 Å². The highest BCUT2D eigenvalue weighted by Gasteiger charge is 2.24. The molecule has 33 heavy (non-hydrogen) atoms. The van der Waals surface area contributed by atoms with Crippen LogP contribution in [0.4, 0.5) is 10.1 Å². The maximum absolute atomic E-state index is 13.1. The average Bonchev–Trinajstić information content (AvgIpc) is 3.14. The van der Waals surface area contributed by atoms with Crippen LogP contribution in [-0.2, 0) is 11.4 Å². The zero-order valence-electron chi connectivity index (χ0n) is 17.7. The largest absolute Gasteiger partial charge is 0.490 e. The van der Waals surface area contributed by atoms with Gasteiger partial charge in [0.05, 0.1) is 17.2 Å². The minimum Gasteiger partial charge on any atom is -0.490 e. The molecule has 0 atom stereocenters. The van der Waals surface area contributed by atoms with Crippen molar-refractivity contribution in [2.45, 2.75) is 13.5 Å². The molecule has 168 valence electrons. The van der Waals surface area contributed by atoms with E-state index in [0.29, 0.717) is 45.5 Å².